The zero-order valence-corrected chi connectivity index (χ0v) is 18.7. The van der Waals surface area contributed by atoms with Crippen LogP contribution >= 0.6 is 0 Å². The fraction of sp³-hybridized carbons (Fsp3) is 0.478. The third-order valence-electron chi connectivity index (χ3n) is 5.07. The highest BCUT2D eigenvalue weighted by Crippen LogP contribution is 2.19. The van der Waals surface area contributed by atoms with Crippen LogP contribution in [0.1, 0.15) is 51.5 Å². The minimum absolute atomic E-state index is 0.0158. The summed E-state index contributed by atoms with van der Waals surface area (Å²) >= 11 is 0. The van der Waals surface area contributed by atoms with E-state index in [-0.39, 0.29) is 24.7 Å². The van der Waals surface area contributed by atoms with Gasteiger partial charge in [0.2, 0.25) is 0 Å². The van der Waals surface area contributed by atoms with Gasteiger partial charge in [0.15, 0.2) is 12.3 Å². The molecule has 1 aromatic heterocycles. The number of H-pyrrole nitrogens is 1. The molecule has 0 saturated carbocycles. The Hall–Kier alpha value is -3.54. The number of nitrogens with zero attached hydrogens (tertiary/aromatic N) is 3. The Bertz CT molecular complexity index is 1050. The lowest BCUT2D eigenvalue weighted by Crippen LogP contribution is -2.43. The number of carbonyl (C=O) groups is 1. The summed E-state index contributed by atoms with van der Waals surface area (Å²) in [5.74, 6) is 0.0290. The van der Waals surface area contributed by atoms with E-state index in [1.807, 2.05) is 13.8 Å². The Morgan fingerprint density at radius 1 is 1.16 bits per heavy atom. The van der Waals surface area contributed by atoms with Gasteiger partial charge in [-0.15, -0.1) is 0 Å². The van der Waals surface area contributed by atoms with Crippen molar-refractivity contribution < 1.29 is 9.53 Å². The van der Waals surface area contributed by atoms with Gasteiger partial charge in [0.25, 0.3) is 11.5 Å². The Labute approximate surface area is 187 Å². The van der Waals surface area contributed by atoms with Crippen molar-refractivity contribution in [1.82, 2.24) is 9.55 Å². The first kappa shape index (κ1) is 24.7. The fourth-order valence-electron chi connectivity index (χ4n) is 3.28. The molecule has 9 nitrogen and oxygen atoms in total. The summed E-state index contributed by atoms with van der Waals surface area (Å²) in [5, 5.41) is 8.76. The van der Waals surface area contributed by atoms with E-state index in [4.69, 9.17) is 15.7 Å². The summed E-state index contributed by atoms with van der Waals surface area (Å²) in [6, 6.07) is 8.97. The smallest absolute Gasteiger partial charge is 0.330 e. The predicted octanol–water partition coefficient (Wildman–Crippen LogP) is 2.59. The number of nitrogens with two attached hydrogens (primary N) is 1. The topological polar surface area (TPSA) is 134 Å². The number of hydrogen-bond acceptors (Lipinski definition) is 6. The van der Waals surface area contributed by atoms with Gasteiger partial charge in [-0.2, -0.15) is 5.26 Å². The molecule has 172 valence electrons. The average Bonchev–Trinajstić information content (AvgIpc) is 2.77. The molecule has 3 N–H and O–H groups in total. The third kappa shape index (κ3) is 6.48. The number of ether oxygens (including phenoxy) is 1. The minimum atomic E-state index is -0.689. The molecule has 0 aliphatic carbocycles. The van der Waals surface area contributed by atoms with Gasteiger partial charge >= 0.3 is 5.69 Å². The van der Waals surface area contributed by atoms with E-state index in [1.54, 1.807) is 24.3 Å². The Balaban J connectivity index is 2.29. The van der Waals surface area contributed by atoms with E-state index in [0.29, 0.717) is 31.6 Å². The van der Waals surface area contributed by atoms with Crippen molar-refractivity contribution in [3.05, 3.63) is 50.7 Å². The number of nitriles is 1. The van der Waals surface area contributed by atoms with E-state index in [9.17, 15) is 14.4 Å². The van der Waals surface area contributed by atoms with E-state index in [1.165, 1.54) is 9.47 Å². The van der Waals surface area contributed by atoms with Crippen molar-refractivity contribution in [2.45, 2.75) is 58.9 Å². The van der Waals surface area contributed by atoms with Gasteiger partial charge in [0, 0.05) is 13.1 Å². The molecule has 32 heavy (non-hydrogen) atoms. The second-order valence-electron chi connectivity index (χ2n) is 7.52. The number of amides is 1. The van der Waals surface area contributed by atoms with Crippen molar-refractivity contribution in [2.75, 3.05) is 23.8 Å². The van der Waals surface area contributed by atoms with Gasteiger partial charge in [0.1, 0.15) is 11.6 Å². The maximum absolute atomic E-state index is 13.1. The molecule has 0 aliphatic rings. The molecule has 0 radical (unpaired) electrons. The van der Waals surface area contributed by atoms with Crippen molar-refractivity contribution in [2.24, 2.45) is 0 Å². The molecule has 0 aliphatic heterocycles. The number of aromatic nitrogens is 2. The number of hydrogen-bond donors (Lipinski definition) is 2. The Morgan fingerprint density at radius 3 is 2.47 bits per heavy atom. The van der Waals surface area contributed by atoms with Crippen LogP contribution in [0.25, 0.3) is 0 Å². The lowest BCUT2D eigenvalue weighted by Gasteiger charge is -2.24. The van der Waals surface area contributed by atoms with E-state index >= 15 is 0 Å². The van der Waals surface area contributed by atoms with Crippen molar-refractivity contribution in [1.29, 1.82) is 5.26 Å². The molecular formula is C23H31N5O4. The van der Waals surface area contributed by atoms with Crippen LogP contribution in [0, 0.1) is 11.3 Å². The molecule has 0 fully saturated rings. The minimum Gasteiger partial charge on any atom is -0.484 e. The molecule has 2 aromatic rings. The van der Waals surface area contributed by atoms with Gasteiger partial charge in [-0.05, 0) is 30.5 Å². The highest BCUT2D eigenvalue weighted by Gasteiger charge is 2.24. The molecule has 2 rings (SSSR count). The normalized spacial score (nSPS) is 10.5. The Morgan fingerprint density at radius 2 is 1.84 bits per heavy atom. The van der Waals surface area contributed by atoms with Crippen LogP contribution in [0.5, 0.6) is 5.75 Å². The summed E-state index contributed by atoms with van der Waals surface area (Å²) in [6.45, 7) is 4.37. The number of rotatable bonds is 12. The number of anilines is 2. The summed E-state index contributed by atoms with van der Waals surface area (Å²) in [5.41, 5.74) is 5.76. The number of nitrogens with one attached hydrogen (secondary N) is 1. The molecule has 0 bridgehead atoms. The zero-order chi connectivity index (χ0) is 23.5. The van der Waals surface area contributed by atoms with Crippen LogP contribution in [0.3, 0.4) is 0 Å². The average molecular weight is 442 g/mol. The van der Waals surface area contributed by atoms with Crippen LogP contribution < -0.4 is 26.6 Å². The molecule has 0 unspecified atom stereocenters. The summed E-state index contributed by atoms with van der Waals surface area (Å²) in [4.78, 5) is 41.5. The molecule has 9 heteroatoms. The van der Waals surface area contributed by atoms with Crippen molar-refractivity contribution in [3.8, 4) is 11.8 Å². The molecule has 1 aromatic carbocycles. The summed E-state index contributed by atoms with van der Waals surface area (Å²) in [7, 11) is 0. The van der Waals surface area contributed by atoms with E-state index in [2.05, 4.69) is 11.1 Å². The highest BCUT2D eigenvalue weighted by molar-refractivity contribution is 5.96. The zero-order valence-electron chi connectivity index (χ0n) is 18.7. The first-order chi connectivity index (χ1) is 15.4. The SMILES string of the molecule is CCCCCN(C(=O)COc1ccc(CC#N)cc1)c1c(N)n(CCCC)c(=O)[nH]c1=O. The quantitative estimate of drug-likeness (QED) is 0.486. The summed E-state index contributed by atoms with van der Waals surface area (Å²) < 4.78 is 6.91. The second kappa shape index (κ2) is 12.3. The van der Waals surface area contributed by atoms with Crippen LogP contribution in [0.4, 0.5) is 11.5 Å². The highest BCUT2D eigenvalue weighted by atomic mass is 16.5. The maximum Gasteiger partial charge on any atom is 0.330 e. The number of benzene rings is 1. The molecule has 1 amide bonds. The third-order valence-corrected chi connectivity index (χ3v) is 5.07. The molecular weight excluding hydrogens is 410 g/mol. The van der Waals surface area contributed by atoms with Gasteiger partial charge in [-0.25, -0.2) is 4.79 Å². The molecule has 0 saturated heterocycles. The van der Waals surface area contributed by atoms with Gasteiger partial charge in [-0.3, -0.25) is 19.1 Å². The van der Waals surface area contributed by atoms with Crippen LogP contribution in [0.15, 0.2) is 33.9 Å². The van der Waals surface area contributed by atoms with Crippen molar-refractivity contribution in [3.63, 3.8) is 0 Å². The molecule has 0 spiro atoms. The Kier molecular flexibility index (Phi) is 9.54. The fourth-order valence-corrected chi connectivity index (χ4v) is 3.28. The summed E-state index contributed by atoms with van der Waals surface area (Å²) in [6.07, 6.45) is 4.34. The van der Waals surface area contributed by atoms with Gasteiger partial charge in [-0.1, -0.05) is 45.2 Å². The largest absolute Gasteiger partial charge is 0.484 e. The lowest BCUT2D eigenvalue weighted by molar-refractivity contribution is -0.120. The number of nitrogen functional groups attached to an aromatic ring is 1. The van der Waals surface area contributed by atoms with Crippen molar-refractivity contribution >= 4 is 17.4 Å². The van der Waals surface area contributed by atoms with E-state index < -0.39 is 17.2 Å². The van der Waals surface area contributed by atoms with Gasteiger partial charge in [0.05, 0.1) is 12.5 Å². The first-order valence-corrected chi connectivity index (χ1v) is 10.9. The number of carbonyl (C=O) groups excluding carboxylic acids is 1. The van der Waals surface area contributed by atoms with Crippen LogP contribution in [-0.2, 0) is 17.8 Å². The molecule has 0 atom stereocenters. The molecule has 1 heterocycles. The maximum atomic E-state index is 13.1. The first-order valence-electron chi connectivity index (χ1n) is 10.9. The number of aromatic amines is 1. The second-order valence-corrected chi connectivity index (χ2v) is 7.52. The monoisotopic (exact) mass is 441 g/mol. The van der Waals surface area contributed by atoms with E-state index in [0.717, 1.165) is 24.8 Å². The number of unbranched alkanes of at least 4 members (excludes halogenated alkanes) is 3. The predicted molar refractivity (Wildman–Crippen MR) is 124 cm³/mol. The van der Waals surface area contributed by atoms with Crippen LogP contribution in [0.2, 0.25) is 0 Å². The van der Waals surface area contributed by atoms with Crippen LogP contribution in [-0.4, -0.2) is 28.6 Å². The van der Waals surface area contributed by atoms with Gasteiger partial charge < -0.3 is 15.4 Å². The standard InChI is InChI=1S/C23H31N5O4/c1-3-5-7-15-27(19(29)16-32-18-10-8-17(9-11-18)12-13-24)20-21(25)28(14-6-4-2)23(31)26-22(20)30/h8-11H,3-7,12,14-16,25H2,1-2H3,(H,26,30,31). The lowest BCUT2D eigenvalue weighted by atomic mass is 10.2.